The number of nitrogens with zero attached hydrogens (tertiary/aromatic N) is 2. The van der Waals surface area contributed by atoms with Crippen LogP contribution in [0.15, 0.2) is 36.5 Å². The molecule has 1 amide bonds. The number of carbonyl (C=O) groups is 1. The van der Waals surface area contributed by atoms with Crippen molar-refractivity contribution in [3.8, 4) is 11.5 Å². The smallest absolute Gasteiger partial charge is 0.252 e. The van der Waals surface area contributed by atoms with Gasteiger partial charge in [0.05, 0.1) is 33.1 Å². The van der Waals surface area contributed by atoms with Crippen molar-refractivity contribution in [3.05, 3.63) is 42.1 Å². The number of methoxy groups -OCH3 is 2. The van der Waals surface area contributed by atoms with Crippen LogP contribution in [0.1, 0.15) is 18.4 Å². The van der Waals surface area contributed by atoms with Gasteiger partial charge in [0.2, 0.25) is 0 Å². The number of anilines is 1. The van der Waals surface area contributed by atoms with Crippen LogP contribution in [0.4, 0.5) is 5.82 Å². The highest BCUT2D eigenvalue weighted by atomic mass is 16.5. The second-order valence-corrected chi connectivity index (χ2v) is 5.97. The van der Waals surface area contributed by atoms with Crippen LogP contribution in [0.5, 0.6) is 11.5 Å². The molecule has 2 aromatic rings. The van der Waals surface area contributed by atoms with E-state index in [4.69, 9.17) is 14.2 Å². The summed E-state index contributed by atoms with van der Waals surface area (Å²) in [5.74, 6) is 1.78. The maximum absolute atomic E-state index is 12.8. The molecular formula is C19H23N3O4. The Morgan fingerprint density at radius 1 is 1.35 bits per heavy atom. The topological polar surface area (TPSA) is 76.7 Å². The first-order chi connectivity index (χ1) is 12.7. The number of carbonyl (C=O) groups excluding carboxylic acids is 1. The van der Waals surface area contributed by atoms with Gasteiger partial charge >= 0.3 is 0 Å². The van der Waals surface area contributed by atoms with Crippen molar-refractivity contribution in [3.63, 3.8) is 0 Å². The minimum Gasteiger partial charge on any atom is -0.493 e. The Morgan fingerprint density at radius 2 is 2.19 bits per heavy atom. The number of benzene rings is 1. The molecule has 1 saturated heterocycles. The van der Waals surface area contributed by atoms with E-state index in [1.807, 2.05) is 18.2 Å². The van der Waals surface area contributed by atoms with E-state index in [1.54, 1.807) is 37.5 Å². The Kier molecular flexibility index (Phi) is 5.91. The van der Waals surface area contributed by atoms with Crippen LogP contribution in [0.2, 0.25) is 0 Å². The largest absolute Gasteiger partial charge is 0.493 e. The number of hydrogen-bond acceptors (Lipinski definition) is 5. The van der Waals surface area contributed by atoms with E-state index in [2.05, 4.69) is 10.2 Å². The van der Waals surface area contributed by atoms with Gasteiger partial charge in [-0.05, 0) is 36.6 Å². The number of amides is 1. The van der Waals surface area contributed by atoms with Gasteiger partial charge in [0.25, 0.3) is 5.91 Å². The van der Waals surface area contributed by atoms with Crippen molar-refractivity contribution in [1.29, 1.82) is 0 Å². The first kappa shape index (κ1) is 18.0. The van der Waals surface area contributed by atoms with Gasteiger partial charge in [-0.25, -0.2) is 0 Å². The van der Waals surface area contributed by atoms with Crippen LogP contribution in [-0.4, -0.2) is 49.6 Å². The van der Waals surface area contributed by atoms with Crippen molar-refractivity contribution in [1.82, 2.24) is 10.2 Å². The van der Waals surface area contributed by atoms with E-state index in [0.29, 0.717) is 23.9 Å². The number of ether oxygens (including phenoxy) is 3. The number of aromatic nitrogens is 2. The molecule has 1 aromatic carbocycles. The summed E-state index contributed by atoms with van der Waals surface area (Å²) < 4.78 is 16.2. The van der Waals surface area contributed by atoms with Gasteiger partial charge in [0.1, 0.15) is 5.82 Å². The highest BCUT2D eigenvalue weighted by Crippen LogP contribution is 2.28. The summed E-state index contributed by atoms with van der Waals surface area (Å²) in [4.78, 5) is 14.4. The molecule has 1 aliphatic rings. The molecule has 2 heterocycles. The van der Waals surface area contributed by atoms with E-state index in [-0.39, 0.29) is 12.0 Å². The lowest BCUT2D eigenvalue weighted by Crippen LogP contribution is -2.36. The van der Waals surface area contributed by atoms with Crippen LogP contribution in [0, 0.1) is 0 Å². The molecule has 3 rings (SSSR count). The predicted molar refractivity (Wildman–Crippen MR) is 98.5 cm³/mol. The normalized spacial score (nSPS) is 16.8. The summed E-state index contributed by atoms with van der Waals surface area (Å²) in [6, 6.07) is 7.27. The van der Waals surface area contributed by atoms with Gasteiger partial charge in [-0.2, -0.15) is 5.10 Å². The van der Waals surface area contributed by atoms with E-state index < -0.39 is 0 Å². The molecule has 7 nitrogen and oxygen atoms in total. The monoisotopic (exact) mass is 357 g/mol. The quantitative estimate of drug-likeness (QED) is 0.771. The van der Waals surface area contributed by atoms with E-state index in [1.165, 1.54) is 6.08 Å². The first-order valence-corrected chi connectivity index (χ1v) is 8.54. The molecule has 1 aliphatic heterocycles. The number of rotatable bonds is 7. The van der Waals surface area contributed by atoms with Crippen LogP contribution in [-0.2, 0) is 9.53 Å². The minimum absolute atomic E-state index is 0.0525. The first-order valence-electron chi connectivity index (χ1n) is 8.54. The lowest BCUT2D eigenvalue weighted by Gasteiger charge is -2.22. The maximum Gasteiger partial charge on any atom is 0.252 e. The van der Waals surface area contributed by atoms with Gasteiger partial charge in [-0.1, -0.05) is 6.07 Å². The van der Waals surface area contributed by atoms with Crippen molar-refractivity contribution in [2.45, 2.75) is 18.9 Å². The molecule has 1 fully saturated rings. The highest BCUT2D eigenvalue weighted by molar-refractivity contribution is 6.03. The van der Waals surface area contributed by atoms with E-state index in [0.717, 1.165) is 25.0 Å². The lowest BCUT2D eigenvalue weighted by molar-refractivity contribution is -0.114. The summed E-state index contributed by atoms with van der Waals surface area (Å²) in [6.45, 7) is 1.24. The Bertz CT molecular complexity index is 752. The number of aromatic amines is 1. The molecule has 1 atom stereocenters. The Balaban J connectivity index is 1.75. The van der Waals surface area contributed by atoms with Crippen molar-refractivity contribution in [2.75, 3.05) is 32.3 Å². The van der Waals surface area contributed by atoms with Crippen LogP contribution in [0.25, 0.3) is 6.08 Å². The van der Waals surface area contributed by atoms with Gasteiger partial charge in [-0.3, -0.25) is 14.8 Å². The SMILES string of the molecule is COc1ccc(/C=C/C(=O)N(CC2CCCO2)c2ccn[nH]2)cc1OC. The molecule has 138 valence electrons. The van der Waals surface area contributed by atoms with E-state index >= 15 is 0 Å². The molecular weight excluding hydrogens is 334 g/mol. The molecule has 0 bridgehead atoms. The lowest BCUT2D eigenvalue weighted by atomic mass is 10.1. The number of nitrogens with one attached hydrogen (secondary N) is 1. The summed E-state index contributed by atoms with van der Waals surface area (Å²) >= 11 is 0. The second-order valence-electron chi connectivity index (χ2n) is 5.97. The molecule has 0 aliphatic carbocycles. The average molecular weight is 357 g/mol. The molecule has 7 heteroatoms. The molecule has 0 saturated carbocycles. The molecule has 0 spiro atoms. The maximum atomic E-state index is 12.8. The van der Waals surface area contributed by atoms with Crippen molar-refractivity contribution >= 4 is 17.8 Å². The Morgan fingerprint density at radius 3 is 2.85 bits per heavy atom. The average Bonchev–Trinajstić information content (AvgIpc) is 3.37. The van der Waals surface area contributed by atoms with Gasteiger partial charge in [0, 0.05) is 18.7 Å². The molecule has 1 unspecified atom stereocenters. The summed E-state index contributed by atoms with van der Waals surface area (Å²) in [5, 5.41) is 6.80. The predicted octanol–water partition coefficient (Wildman–Crippen LogP) is 2.65. The van der Waals surface area contributed by atoms with Crippen molar-refractivity contribution < 1.29 is 19.0 Å². The van der Waals surface area contributed by atoms with Crippen LogP contribution < -0.4 is 14.4 Å². The minimum atomic E-state index is -0.139. The number of H-pyrrole nitrogens is 1. The summed E-state index contributed by atoms with van der Waals surface area (Å²) in [6.07, 6.45) is 6.95. The Labute approximate surface area is 152 Å². The third-order valence-electron chi connectivity index (χ3n) is 4.28. The number of hydrogen-bond donors (Lipinski definition) is 1. The van der Waals surface area contributed by atoms with Gasteiger partial charge in [-0.15, -0.1) is 0 Å². The van der Waals surface area contributed by atoms with Gasteiger partial charge < -0.3 is 14.2 Å². The van der Waals surface area contributed by atoms with Crippen LogP contribution in [0.3, 0.4) is 0 Å². The Hall–Kier alpha value is -2.80. The third kappa shape index (κ3) is 4.23. The highest BCUT2D eigenvalue weighted by Gasteiger charge is 2.23. The molecule has 1 N–H and O–H groups in total. The fraction of sp³-hybridized carbons (Fsp3) is 0.368. The third-order valence-corrected chi connectivity index (χ3v) is 4.28. The summed E-state index contributed by atoms with van der Waals surface area (Å²) in [7, 11) is 3.17. The van der Waals surface area contributed by atoms with E-state index in [9.17, 15) is 4.79 Å². The standard InChI is InChI=1S/C19H23N3O4/c1-24-16-7-5-14(12-17(16)25-2)6-8-19(23)22(18-9-10-20-21-18)13-15-4-3-11-26-15/h5-10,12,15H,3-4,11,13H2,1-2H3,(H,20,21)/b8-6+. The zero-order chi connectivity index (χ0) is 18.4. The molecule has 1 aromatic heterocycles. The second kappa shape index (κ2) is 8.53. The van der Waals surface area contributed by atoms with Crippen molar-refractivity contribution in [2.24, 2.45) is 0 Å². The fourth-order valence-electron chi connectivity index (χ4n) is 2.91. The molecule has 26 heavy (non-hydrogen) atoms. The van der Waals surface area contributed by atoms with Gasteiger partial charge in [0.15, 0.2) is 11.5 Å². The zero-order valence-electron chi connectivity index (χ0n) is 15.0. The summed E-state index contributed by atoms with van der Waals surface area (Å²) in [5.41, 5.74) is 0.845. The zero-order valence-corrected chi connectivity index (χ0v) is 15.0. The molecule has 0 radical (unpaired) electrons. The van der Waals surface area contributed by atoms with Crippen LogP contribution >= 0.6 is 0 Å². The fourth-order valence-corrected chi connectivity index (χ4v) is 2.91.